The van der Waals surface area contributed by atoms with E-state index in [1.807, 2.05) is 36.9 Å². The summed E-state index contributed by atoms with van der Waals surface area (Å²) in [5.74, 6) is 0.828. The van der Waals surface area contributed by atoms with Crippen molar-refractivity contribution in [3.8, 4) is 5.75 Å². The van der Waals surface area contributed by atoms with Gasteiger partial charge in [0.05, 0.1) is 12.8 Å². The molecule has 2 rings (SSSR count). The molecular weight excluding hydrogens is 190 g/mol. The average Bonchev–Trinajstić information content (AvgIpc) is 2.56. The van der Waals surface area contributed by atoms with Crippen molar-refractivity contribution in [1.29, 1.82) is 0 Å². The average molecular weight is 205 g/mol. The molecule has 0 amide bonds. The highest BCUT2D eigenvalue weighted by Crippen LogP contribution is 2.29. The zero-order valence-corrected chi connectivity index (χ0v) is 9.19. The van der Waals surface area contributed by atoms with E-state index in [1.54, 1.807) is 7.11 Å². The van der Waals surface area contributed by atoms with E-state index < -0.39 is 0 Å². The third-order valence-corrected chi connectivity index (χ3v) is 2.51. The van der Waals surface area contributed by atoms with Crippen molar-refractivity contribution in [2.75, 3.05) is 7.11 Å². The summed E-state index contributed by atoms with van der Waals surface area (Å²) in [7, 11) is 3.56. The number of para-hydroxylation sites is 1. The van der Waals surface area contributed by atoms with E-state index in [0.29, 0.717) is 0 Å². The molecule has 1 heterocycles. The van der Waals surface area contributed by atoms with Gasteiger partial charge in [-0.25, -0.2) is 0 Å². The molecule has 1 unspecified atom stereocenters. The van der Waals surface area contributed by atoms with E-state index >= 15 is 0 Å². The molecule has 0 aliphatic rings. The van der Waals surface area contributed by atoms with Gasteiger partial charge in [-0.2, -0.15) is 5.10 Å². The van der Waals surface area contributed by atoms with Crippen LogP contribution in [0.1, 0.15) is 18.7 Å². The summed E-state index contributed by atoms with van der Waals surface area (Å²) in [5, 5.41) is 5.47. The van der Waals surface area contributed by atoms with E-state index in [2.05, 4.69) is 5.10 Å². The summed E-state index contributed by atoms with van der Waals surface area (Å²) in [6, 6.07) is 5.83. The Labute approximate surface area is 88.6 Å². The Morgan fingerprint density at radius 1 is 1.47 bits per heavy atom. The van der Waals surface area contributed by atoms with Crippen LogP contribution in [0, 0.1) is 0 Å². The molecule has 0 aliphatic carbocycles. The van der Waals surface area contributed by atoms with E-state index in [-0.39, 0.29) is 6.04 Å². The molecule has 0 saturated heterocycles. The second-order valence-electron chi connectivity index (χ2n) is 3.65. The quantitative estimate of drug-likeness (QED) is 0.810. The molecular formula is C11H15N3O. The van der Waals surface area contributed by atoms with Crippen LogP contribution >= 0.6 is 0 Å². The minimum atomic E-state index is -0.0687. The number of methoxy groups -OCH3 is 1. The van der Waals surface area contributed by atoms with E-state index in [9.17, 15) is 0 Å². The predicted molar refractivity (Wildman–Crippen MR) is 59.9 cm³/mol. The van der Waals surface area contributed by atoms with Crippen LogP contribution in [-0.4, -0.2) is 16.9 Å². The van der Waals surface area contributed by atoms with Gasteiger partial charge in [0.15, 0.2) is 0 Å². The lowest BCUT2D eigenvalue weighted by Gasteiger charge is -2.03. The Hall–Kier alpha value is -1.55. The monoisotopic (exact) mass is 205 g/mol. The number of fused-ring (bicyclic) bond motifs is 1. The number of aromatic nitrogens is 2. The fraction of sp³-hybridized carbons (Fsp3) is 0.364. The summed E-state index contributed by atoms with van der Waals surface area (Å²) in [5.41, 5.74) is 7.77. The van der Waals surface area contributed by atoms with Crippen LogP contribution in [0.25, 0.3) is 10.9 Å². The highest BCUT2D eigenvalue weighted by molar-refractivity contribution is 5.87. The number of hydrogen-bond acceptors (Lipinski definition) is 3. The van der Waals surface area contributed by atoms with E-state index in [4.69, 9.17) is 10.5 Å². The fourth-order valence-electron chi connectivity index (χ4n) is 1.83. The van der Waals surface area contributed by atoms with Gasteiger partial charge in [-0.1, -0.05) is 12.1 Å². The number of aryl methyl sites for hydroxylation is 1. The van der Waals surface area contributed by atoms with Crippen molar-refractivity contribution in [3.63, 3.8) is 0 Å². The van der Waals surface area contributed by atoms with Crippen LogP contribution in [-0.2, 0) is 7.05 Å². The predicted octanol–water partition coefficient (Wildman–Crippen LogP) is 1.60. The first-order valence-electron chi connectivity index (χ1n) is 4.90. The standard InChI is InChI=1S/C11H15N3O/c1-7(12)10-8-5-4-6-9(15-3)11(8)14(2)13-10/h4-7H,12H2,1-3H3. The molecule has 0 bridgehead atoms. The third kappa shape index (κ3) is 1.47. The van der Waals surface area contributed by atoms with Gasteiger partial charge < -0.3 is 10.5 Å². The minimum absolute atomic E-state index is 0.0687. The molecule has 2 aromatic rings. The maximum Gasteiger partial charge on any atom is 0.144 e. The zero-order chi connectivity index (χ0) is 11.0. The van der Waals surface area contributed by atoms with Crippen LogP contribution in [0.2, 0.25) is 0 Å². The molecule has 0 radical (unpaired) electrons. The molecule has 2 N–H and O–H groups in total. The highest BCUT2D eigenvalue weighted by atomic mass is 16.5. The molecule has 0 spiro atoms. The summed E-state index contributed by atoms with van der Waals surface area (Å²) in [4.78, 5) is 0. The molecule has 1 aromatic carbocycles. The Morgan fingerprint density at radius 3 is 2.80 bits per heavy atom. The highest BCUT2D eigenvalue weighted by Gasteiger charge is 2.14. The number of ether oxygens (including phenoxy) is 1. The summed E-state index contributed by atoms with van der Waals surface area (Å²) in [6.07, 6.45) is 0. The van der Waals surface area contributed by atoms with Crippen LogP contribution < -0.4 is 10.5 Å². The van der Waals surface area contributed by atoms with Gasteiger partial charge in [-0.3, -0.25) is 4.68 Å². The van der Waals surface area contributed by atoms with Gasteiger partial charge in [-0.15, -0.1) is 0 Å². The van der Waals surface area contributed by atoms with Crippen molar-refractivity contribution < 1.29 is 4.74 Å². The van der Waals surface area contributed by atoms with E-state index in [1.165, 1.54) is 0 Å². The normalized spacial score (nSPS) is 13.1. The number of benzene rings is 1. The molecule has 80 valence electrons. The van der Waals surface area contributed by atoms with Gasteiger partial charge in [-0.05, 0) is 13.0 Å². The number of nitrogens with two attached hydrogens (primary N) is 1. The molecule has 4 nitrogen and oxygen atoms in total. The molecule has 4 heteroatoms. The van der Waals surface area contributed by atoms with Gasteiger partial charge in [0.2, 0.25) is 0 Å². The second-order valence-corrected chi connectivity index (χ2v) is 3.65. The van der Waals surface area contributed by atoms with Crippen LogP contribution in [0.5, 0.6) is 5.75 Å². The second kappa shape index (κ2) is 3.55. The molecule has 1 aromatic heterocycles. The first-order chi connectivity index (χ1) is 7.15. The summed E-state index contributed by atoms with van der Waals surface area (Å²) >= 11 is 0. The Kier molecular flexibility index (Phi) is 2.36. The van der Waals surface area contributed by atoms with Crippen molar-refractivity contribution in [2.45, 2.75) is 13.0 Å². The van der Waals surface area contributed by atoms with Crippen molar-refractivity contribution >= 4 is 10.9 Å². The number of rotatable bonds is 2. The first-order valence-corrected chi connectivity index (χ1v) is 4.90. The lowest BCUT2D eigenvalue weighted by atomic mass is 10.1. The Balaban J connectivity index is 2.79. The van der Waals surface area contributed by atoms with Gasteiger partial charge >= 0.3 is 0 Å². The lowest BCUT2D eigenvalue weighted by molar-refractivity contribution is 0.417. The Morgan fingerprint density at radius 2 is 2.20 bits per heavy atom. The van der Waals surface area contributed by atoms with Gasteiger partial charge in [0, 0.05) is 18.5 Å². The maximum atomic E-state index is 5.87. The number of hydrogen-bond donors (Lipinski definition) is 1. The zero-order valence-electron chi connectivity index (χ0n) is 9.19. The molecule has 0 aliphatic heterocycles. The molecule has 15 heavy (non-hydrogen) atoms. The molecule has 0 saturated carbocycles. The topological polar surface area (TPSA) is 53.1 Å². The van der Waals surface area contributed by atoms with Gasteiger partial charge in [0.25, 0.3) is 0 Å². The summed E-state index contributed by atoms with van der Waals surface area (Å²) in [6.45, 7) is 1.93. The smallest absolute Gasteiger partial charge is 0.144 e. The van der Waals surface area contributed by atoms with Crippen LogP contribution in [0.15, 0.2) is 18.2 Å². The number of nitrogens with zero attached hydrogens (tertiary/aromatic N) is 2. The van der Waals surface area contributed by atoms with Crippen molar-refractivity contribution in [1.82, 2.24) is 9.78 Å². The van der Waals surface area contributed by atoms with Crippen molar-refractivity contribution in [2.24, 2.45) is 12.8 Å². The maximum absolute atomic E-state index is 5.87. The lowest BCUT2D eigenvalue weighted by Crippen LogP contribution is -2.06. The minimum Gasteiger partial charge on any atom is -0.494 e. The first kappa shape index (κ1) is 9.98. The molecule has 0 fully saturated rings. The van der Waals surface area contributed by atoms with Gasteiger partial charge in [0.1, 0.15) is 11.3 Å². The largest absolute Gasteiger partial charge is 0.494 e. The third-order valence-electron chi connectivity index (χ3n) is 2.51. The van der Waals surface area contributed by atoms with Crippen LogP contribution in [0.4, 0.5) is 0 Å². The van der Waals surface area contributed by atoms with Crippen molar-refractivity contribution in [3.05, 3.63) is 23.9 Å². The van der Waals surface area contributed by atoms with E-state index in [0.717, 1.165) is 22.3 Å². The molecule has 1 atom stereocenters. The fourth-order valence-corrected chi connectivity index (χ4v) is 1.83. The Bertz CT molecular complexity index is 488. The van der Waals surface area contributed by atoms with Crippen LogP contribution in [0.3, 0.4) is 0 Å². The summed E-state index contributed by atoms with van der Waals surface area (Å²) < 4.78 is 7.11. The SMILES string of the molecule is COc1cccc2c(C(C)N)nn(C)c12.